The van der Waals surface area contributed by atoms with Crippen molar-refractivity contribution in [2.75, 3.05) is 24.5 Å². The molecule has 1 aliphatic rings. The molecule has 0 bridgehead atoms. The number of hydrogen-bond acceptors (Lipinski definition) is 5. The Bertz CT molecular complexity index is 491. The van der Waals surface area contributed by atoms with E-state index in [4.69, 9.17) is 0 Å². The molecule has 118 valence electrons. The van der Waals surface area contributed by atoms with Gasteiger partial charge >= 0.3 is 6.18 Å². The van der Waals surface area contributed by atoms with Gasteiger partial charge in [0.15, 0.2) is 0 Å². The van der Waals surface area contributed by atoms with Gasteiger partial charge in [0.25, 0.3) is 0 Å². The van der Waals surface area contributed by atoms with Gasteiger partial charge in [-0.25, -0.2) is 0 Å². The summed E-state index contributed by atoms with van der Waals surface area (Å²) < 4.78 is 40.9. The average molecular weight is 322 g/mol. The first-order valence-corrected chi connectivity index (χ1v) is 7.62. The zero-order valence-electron chi connectivity index (χ0n) is 11.6. The Hall–Kier alpha value is -1.38. The Balaban J connectivity index is 2.00. The van der Waals surface area contributed by atoms with Crippen molar-refractivity contribution in [3.63, 3.8) is 0 Å². The molecule has 0 spiro atoms. The maximum atomic E-state index is 12.5. The van der Waals surface area contributed by atoms with Crippen LogP contribution in [0.4, 0.5) is 18.3 Å². The first-order valence-electron chi connectivity index (χ1n) is 6.85. The number of carbonyl (C=O) groups excluding carboxylic acids is 1. The molecule has 5 nitrogen and oxygen atoms in total. The number of alkyl halides is 3. The SMILES string of the molecule is CCCNC(=O)C1CCCN(c2nc(C(F)(F)F)ns2)C1. The lowest BCUT2D eigenvalue weighted by Crippen LogP contribution is -2.43. The second kappa shape index (κ2) is 6.59. The van der Waals surface area contributed by atoms with E-state index in [1.165, 1.54) is 0 Å². The highest BCUT2D eigenvalue weighted by atomic mass is 32.1. The Morgan fingerprint density at radius 3 is 2.90 bits per heavy atom. The third-order valence-electron chi connectivity index (χ3n) is 3.28. The highest BCUT2D eigenvalue weighted by molar-refractivity contribution is 7.09. The van der Waals surface area contributed by atoms with Gasteiger partial charge in [-0.1, -0.05) is 6.92 Å². The topological polar surface area (TPSA) is 58.1 Å². The van der Waals surface area contributed by atoms with Crippen molar-refractivity contribution in [2.45, 2.75) is 32.4 Å². The fourth-order valence-corrected chi connectivity index (χ4v) is 2.94. The van der Waals surface area contributed by atoms with Crippen LogP contribution in [0.15, 0.2) is 0 Å². The molecule has 0 aromatic carbocycles. The molecule has 1 N–H and O–H groups in total. The first kappa shape index (κ1) is 16.0. The number of piperidine rings is 1. The molecule has 1 fully saturated rings. The number of nitrogens with one attached hydrogen (secondary N) is 1. The summed E-state index contributed by atoms with van der Waals surface area (Å²) in [5.41, 5.74) is 0. The van der Waals surface area contributed by atoms with Gasteiger partial charge in [0.1, 0.15) is 0 Å². The third-order valence-corrected chi connectivity index (χ3v) is 4.06. The molecule has 1 aromatic heterocycles. The molecule has 0 aliphatic carbocycles. The van der Waals surface area contributed by atoms with Crippen LogP contribution in [0.3, 0.4) is 0 Å². The van der Waals surface area contributed by atoms with Crippen LogP contribution < -0.4 is 10.2 Å². The minimum atomic E-state index is -4.53. The standard InChI is InChI=1S/C12H17F3N4OS/c1-2-5-16-9(20)8-4-3-6-19(7-8)11-17-10(18-21-11)12(13,14)15/h8H,2-7H2,1H3,(H,16,20). The fraction of sp³-hybridized carbons (Fsp3) is 0.750. The minimum Gasteiger partial charge on any atom is -0.356 e. The largest absolute Gasteiger partial charge is 0.452 e. The number of hydrogen-bond donors (Lipinski definition) is 1. The molecular formula is C12H17F3N4OS. The zero-order valence-corrected chi connectivity index (χ0v) is 12.4. The van der Waals surface area contributed by atoms with Crippen molar-refractivity contribution in [1.29, 1.82) is 0 Å². The van der Waals surface area contributed by atoms with E-state index in [2.05, 4.69) is 14.7 Å². The van der Waals surface area contributed by atoms with Gasteiger partial charge in [0.05, 0.1) is 5.92 Å². The van der Waals surface area contributed by atoms with Crippen LogP contribution >= 0.6 is 11.5 Å². The molecule has 1 amide bonds. The molecule has 1 aromatic rings. The van der Waals surface area contributed by atoms with Crippen LogP contribution in [-0.2, 0) is 11.0 Å². The summed E-state index contributed by atoms with van der Waals surface area (Å²) in [4.78, 5) is 17.2. The van der Waals surface area contributed by atoms with Crippen molar-refractivity contribution < 1.29 is 18.0 Å². The van der Waals surface area contributed by atoms with Crippen molar-refractivity contribution in [1.82, 2.24) is 14.7 Å². The molecule has 1 atom stereocenters. The molecular weight excluding hydrogens is 305 g/mol. The van der Waals surface area contributed by atoms with E-state index < -0.39 is 12.0 Å². The summed E-state index contributed by atoms with van der Waals surface area (Å²) in [6.07, 6.45) is -2.17. The van der Waals surface area contributed by atoms with Crippen molar-refractivity contribution >= 4 is 22.6 Å². The van der Waals surface area contributed by atoms with E-state index in [9.17, 15) is 18.0 Å². The van der Waals surface area contributed by atoms with E-state index in [0.29, 0.717) is 19.6 Å². The highest BCUT2D eigenvalue weighted by Crippen LogP contribution is 2.31. The molecule has 0 saturated carbocycles. The molecule has 2 rings (SSSR count). The lowest BCUT2D eigenvalue weighted by Gasteiger charge is -2.31. The summed E-state index contributed by atoms with van der Waals surface area (Å²) in [7, 11) is 0. The summed E-state index contributed by atoms with van der Waals surface area (Å²) in [5, 5.41) is 3.06. The summed E-state index contributed by atoms with van der Waals surface area (Å²) in [6.45, 7) is 3.58. The molecule has 2 heterocycles. The van der Waals surface area contributed by atoms with Crippen LogP contribution in [0.5, 0.6) is 0 Å². The fourth-order valence-electron chi connectivity index (χ4n) is 2.22. The first-order chi connectivity index (χ1) is 9.91. The Morgan fingerprint density at radius 2 is 2.29 bits per heavy atom. The van der Waals surface area contributed by atoms with E-state index in [1.54, 1.807) is 4.90 Å². The number of aromatic nitrogens is 2. The van der Waals surface area contributed by atoms with Gasteiger partial charge in [-0.3, -0.25) is 4.79 Å². The van der Waals surface area contributed by atoms with Gasteiger partial charge in [0.2, 0.25) is 16.9 Å². The third kappa shape index (κ3) is 4.05. The van der Waals surface area contributed by atoms with Crippen LogP contribution in [-0.4, -0.2) is 34.9 Å². The van der Waals surface area contributed by atoms with Crippen molar-refractivity contribution in [3.05, 3.63) is 5.82 Å². The van der Waals surface area contributed by atoms with Crippen LogP contribution in [0.1, 0.15) is 32.0 Å². The van der Waals surface area contributed by atoms with Crippen LogP contribution in [0, 0.1) is 5.92 Å². The quantitative estimate of drug-likeness (QED) is 0.924. The van der Waals surface area contributed by atoms with Crippen LogP contribution in [0.2, 0.25) is 0 Å². The Kier molecular flexibility index (Phi) is 5.02. The zero-order chi connectivity index (χ0) is 15.5. The molecule has 9 heteroatoms. The highest BCUT2D eigenvalue weighted by Gasteiger charge is 2.37. The number of carbonyl (C=O) groups is 1. The van der Waals surface area contributed by atoms with Crippen molar-refractivity contribution in [2.24, 2.45) is 5.92 Å². The Morgan fingerprint density at radius 1 is 1.52 bits per heavy atom. The molecule has 1 aliphatic heterocycles. The lowest BCUT2D eigenvalue weighted by molar-refractivity contribution is -0.144. The number of nitrogens with zero attached hydrogens (tertiary/aromatic N) is 3. The summed E-state index contributed by atoms with van der Waals surface area (Å²) >= 11 is 0.728. The monoisotopic (exact) mass is 322 g/mol. The second-order valence-corrected chi connectivity index (χ2v) is 5.70. The molecule has 1 saturated heterocycles. The van der Waals surface area contributed by atoms with Gasteiger partial charge in [0, 0.05) is 31.2 Å². The van der Waals surface area contributed by atoms with Crippen molar-refractivity contribution in [3.8, 4) is 0 Å². The van der Waals surface area contributed by atoms with Gasteiger partial charge < -0.3 is 10.2 Å². The maximum absolute atomic E-state index is 12.5. The molecule has 0 radical (unpaired) electrons. The predicted octanol–water partition coefficient (Wildman–Crippen LogP) is 2.30. The summed E-state index contributed by atoms with van der Waals surface area (Å²) in [5.74, 6) is -1.36. The van der Waals surface area contributed by atoms with E-state index in [0.717, 1.165) is 30.8 Å². The lowest BCUT2D eigenvalue weighted by atomic mass is 9.97. The predicted molar refractivity (Wildman–Crippen MR) is 73.1 cm³/mol. The number of halogens is 3. The Labute approximate surface area is 124 Å². The van der Waals surface area contributed by atoms with E-state index in [-0.39, 0.29) is 17.0 Å². The van der Waals surface area contributed by atoms with E-state index in [1.807, 2.05) is 6.92 Å². The maximum Gasteiger partial charge on any atom is 0.452 e. The molecule has 21 heavy (non-hydrogen) atoms. The van der Waals surface area contributed by atoms with Crippen LogP contribution in [0.25, 0.3) is 0 Å². The smallest absolute Gasteiger partial charge is 0.356 e. The van der Waals surface area contributed by atoms with E-state index >= 15 is 0 Å². The average Bonchev–Trinajstić information content (AvgIpc) is 2.95. The van der Waals surface area contributed by atoms with Gasteiger partial charge in [-0.2, -0.15) is 22.5 Å². The second-order valence-electron chi connectivity index (χ2n) is 4.97. The van der Waals surface area contributed by atoms with Gasteiger partial charge in [-0.05, 0) is 19.3 Å². The molecule has 1 unspecified atom stereocenters. The minimum absolute atomic E-state index is 0.0397. The van der Waals surface area contributed by atoms with Gasteiger partial charge in [-0.15, -0.1) is 0 Å². The number of amides is 1. The number of rotatable bonds is 4. The normalized spacial score (nSPS) is 19.6. The summed E-state index contributed by atoms with van der Waals surface area (Å²) in [6, 6.07) is 0. The number of anilines is 1.